The number of allylic oxidation sites excluding steroid dienone is 2. The largest absolute Gasteiger partial charge is 0.396 e. The summed E-state index contributed by atoms with van der Waals surface area (Å²) in [5.74, 6) is -0.0224. The summed E-state index contributed by atoms with van der Waals surface area (Å²) < 4.78 is 54.2. The number of ketones is 2. The van der Waals surface area contributed by atoms with E-state index in [0.29, 0.717) is 51.4 Å². The van der Waals surface area contributed by atoms with Gasteiger partial charge in [0, 0.05) is 23.7 Å². The molecule has 0 bridgehead atoms. The van der Waals surface area contributed by atoms with Crippen molar-refractivity contribution in [1.82, 2.24) is 0 Å². The number of fused-ring (bicyclic) bond motifs is 5. The van der Waals surface area contributed by atoms with Crippen molar-refractivity contribution in [3.05, 3.63) is 11.1 Å². The van der Waals surface area contributed by atoms with Crippen LogP contribution in [-0.4, -0.2) is 234 Å². The van der Waals surface area contributed by atoms with E-state index in [1.54, 1.807) is 0 Å². The first-order valence-electron chi connectivity index (χ1n) is 26.8. The molecule has 0 aromatic heterocycles. The first-order valence-corrected chi connectivity index (χ1v) is 26.8. The molecule has 12 N–H and O–H groups in total. The molecule has 0 radical (unpaired) electrons. The van der Waals surface area contributed by atoms with Crippen LogP contribution in [0.3, 0.4) is 0 Å². The molecule has 0 aromatic rings. The maximum Gasteiger partial charge on any atom is 0.187 e. The minimum Gasteiger partial charge on any atom is -0.396 e. The van der Waals surface area contributed by atoms with E-state index in [1.165, 1.54) is 5.57 Å². The van der Waals surface area contributed by atoms with Gasteiger partial charge in [-0.1, -0.05) is 45.8 Å². The Morgan fingerprint density at radius 3 is 2.04 bits per heavy atom. The van der Waals surface area contributed by atoms with E-state index in [2.05, 4.69) is 27.7 Å². The molecule has 428 valence electrons. The number of hydrogen-bond donors (Lipinski definition) is 12. The van der Waals surface area contributed by atoms with Crippen molar-refractivity contribution < 1.29 is 113 Å². The predicted molar refractivity (Wildman–Crippen MR) is 253 cm³/mol. The van der Waals surface area contributed by atoms with Crippen molar-refractivity contribution in [2.45, 2.75) is 228 Å². The van der Waals surface area contributed by atoms with Gasteiger partial charge in [0.1, 0.15) is 90.2 Å². The molecule has 9 rings (SSSR count). The van der Waals surface area contributed by atoms with Crippen LogP contribution in [0.15, 0.2) is 11.1 Å². The van der Waals surface area contributed by atoms with E-state index >= 15 is 0 Å². The number of rotatable bonds is 14. The summed E-state index contributed by atoms with van der Waals surface area (Å²) in [5.41, 5.74) is -4.38. The zero-order valence-corrected chi connectivity index (χ0v) is 43.9. The summed E-state index contributed by atoms with van der Waals surface area (Å²) in [6.45, 7) is 10.5. The minimum absolute atomic E-state index is 0.0246. The number of carbonyl (C=O) groups excluding carboxylic acids is 2. The van der Waals surface area contributed by atoms with Gasteiger partial charge in [-0.15, -0.1) is 0 Å². The van der Waals surface area contributed by atoms with E-state index in [4.69, 9.17) is 42.6 Å². The number of aliphatic hydroxyl groups excluding tert-OH is 11. The lowest BCUT2D eigenvalue weighted by Gasteiger charge is -2.63. The zero-order chi connectivity index (χ0) is 54.7. The van der Waals surface area contributed by atoms with Crippen LogP contribution in [0.25, 0.3) is 0 Å². The molecule has 23 heteroatoms. The molecule has 0 amide bonds. The van der Waals surface area contributed by atoms with Crippen molar-refractivity contribution in [2.24, 2.45) is 33.5 Å². The van der Waals surface area contributed by atoms with E-state index in [9.17, 15) is 70.9 Å². The summed E-state index contributed by atoms with van der Waals surface area (Å²) in [6.07, 6.45) is -23.5. The van der Waals surface area contributed by atoms with Gasteiger partial charge in [0.15, 0.2) is 30.9 Å². The van der Waals surface area contributed by atoms with E-state index in [1.807, 2.05) is 20.8 Å². The van der Waals surface area contributed by atoms with Crippen LogP contribution in [0.4, 0.5) is 0 Å². The fourth-order valence-corrected chi connectivity index (χ4v) is 15.6. The smallest absolute Gasteiger partial charge is 0.187 e. The number of carbonyl (C=O) groups is 2. The van der Waals surface area contributed by atoms with Crippen molar-refractivity contribution in [3.8, 4) is 0 Å². The maximum absolute atomic E-state index is 14.7. The highest BCUT2D eigenvalue weighted by Gasteiger charge is 2.76. The summed E-state index contributed by atoms with van der Waals surface area (Å²) >= 11 is 0. The lowest BCUT2D eigenvalue weighted by molar-refractivity contribution is -0.378. The standard InChI is InChI=1S/C52H82O23/c1-8-30(57)48(5)15-23(2)52(75-48)16-31(58)50(7)25-9-10-29-46(3,24(25)11-14-49(50,52)6)13-12-32(47(29,4)20-54)72-42-38(64)36(62)35(61)28(71-42)19-68-43-39(33(59)26(56)18-67-43)73-44-40(37(63)34(60)27(17-53)70-44)74-45-41(65)51(66,21-55)22-69-45/h23,26-29,32-45,53-56,59-66H,8-22H2,1-7H3. The predicted octanol–water partition coefficient (Wildman–Crippen LogP) is -2.26. The number of hydrogen-bond acceptors (Lipinski definition) is 23. The lowest BCUT2D eigenvalue weighted by atomic mass is 9.42. The third-order valence-electron chi connectivity index (χ3n) is 20.4. The van der Waals surface area contributed by atoms with Gasteiger partial charge in [-0.2, -0.15) is 0 Å². The molecular formula is C52H82O23. The second-order valence-electron chi connectivity index (χ2n) is 24.4. The molecule has 9 aliphatic rings. The third-order valence-corrected chi connectivity index (χ3v) is 20.4. The molecule has 75 heavy (non-hydrogen) atoms. The zero-order valence-electron chi connectivity index (χ0n) is 43.9. The summed E-state index contributed by atoms with van der Waals surface area (Å²) in [6, 6.07) is 0. The van der Waals surface area contributed by atoms with E-state index in [-0.39, 0.29) is 36.4 Å². The Morgan fingerprint density at radius 2 is 1.39 bits per heavy atom. The Morgan fingerprint density at radius 1 is 0.720 bits per heavy atom. The normalized spacial score (nSPS) is 54.0. The molecule has 2 saturated carbocycles. The highest BCUT2D eigenvalue weighted by molar-refractivity contribution is 5.94. The quantitative estimate of drug-likeness (QED) is 0.0817. The first-order chi connectivity index (χ1) is 35.2. The monoisotopic (exact) mass is 1070 g/mol. The molecule has 1 spiro atoms. The first kappa shape index (κ1) is 57.9. The number of ether oxygens (including phenoxy) is 9. The topological polar surface area (TPSA) is 360 Å². The van der Waals surface area contributed by atoms with Gasteiger partial charge in [0.05, 0.1) is 56.8 Å². The fourth-order valence-electron chi connectivity index (χ4n) is 15.6. The maximum atomic E-state index is 14.7. The van der Waals surface area contributed by atoms with Crippen LogP contribution in [0, 0.1) is 33.5 Å². The summed E-state index contributed by atoms with van der Waals surface area (Å²) in [7, 11) is 0. The van der Waals surface area contributed by atoms with Gasteiger partial charge in [-0.3, -0.25) is 9.59 Å². The van der Waals surface area contributed by atoms with Crippen molar-refractivity contribution in [1.29, 1.82) is 0 Å². The molecule has 23 nitrogen and oxygen atoms in total. The Labute approximate surface area is 435 Å². The molecule has 4 aliphatic carbocycles. The third kappa shape index (κ3) is 8.80. The van der Waals surface area contributed by atoms with Gasteiger partial charge in [-0.25, -0.2) is 0 Å². The van der Waals surface area contributed by atoms with Crippen LogP contribution < -0.4 is 0 Å². The van der Waals surface area contributed by atoms with Gasteiger partial charge < -0.3 is 104 Å². The van der Waals surface area contributed by atoms with Crippen molar-refractivity contribution >= 4 is 11.6 Å². The second kappa shape index (κ2) is 20.7. The lowest BCUT2D eigenvalue weighted by Crippen LogP contribution is -2.65. The van der Waals surface area contributed by atoms with Gasteiger partial charge in [-0.05, 0) is 76.0 Å². The van der Waals surface area contributed by atoms with Crippen LogP contribution in [0.1, 0.15) is 106 Å². The highest BCUT2D eigenvalue weighted by atomic mass is 16.8. The van der Waals surface area contributed by atoms with Crippen LogP contribution in [-0.2, 0) is 52.2 Å². The molecule has 0 aromatic carbocycles. The molecule has 26 atom stereocenters. The summed E-state index contributed by atoms with van der Waals surface area (Å²) in [5, 5.41) is 130. The Hall–Kier alpha value is -1.76. The van der Waals surface area contributed by atoms with Gasteiger partial charge >= 0.3 is 0 Å². The van der Waals surface area contributed by atoms with Crippen LogP contribution >= 0.6 is 0 Å². The minimum atomic E-state index is -2.15. The summed E-state index contributed by atoms with van der Waals surface area (Å²) in [4.78, 5) is 28.0. The number of Topliss-reactive ketones (excluding diaryl/α,β-unsaturated/α-hetero) is 2. The highest BCUT2D eigenvalue weighted by Crippen LogP contribution is 2.75. The van der Waals surface area contributed by atoms with Crippen LogP contribution in [0.5, 0.6) is 0 Å². The second-order valence-corrected chi connectivity index (χ2v) is 24.4. The van der Waals surface area contributed by atoms with E-state index in [0.717, 1.165) is 5.57 Å². The molecule has 5 aliphatic heterocycles. The van der Waals surface area contributed by atoms with E-state index < -0.39 is 176 Å². The molecule has 7 fully saturated rings. The van der Waals surface area contributed by atoms with Crippen molar-refractivity contribution in [3.63, 3.8) is 0 Å². The molecular weight excluding hydrogens is 993 g/mol. The van der Waals surface area contributed by atoms with Gasteiger partial charge in [0.2, 0.25) is 0 Å². The Bertz CT molecular complexity index is 2150. The van der Waals surface area contributed by atoms with Crippen LogP contribution in [0.2, 0.25) is 0 Å². The Kier molecular flexibility index (Phi) is 15.9. The average Bonchev–Trinajstić information content (AvgIpc) is 3.90. The molecule has 5 saturated heterocycles. The molecule has 5 heterocycles. The Balaban J connectivity index is 0.902. The number of aliphatic hydroxyl groups is 12. The van der Waals surface area contributed by atoms with Crippen molar-refractivity contribution in [2.75, 3.05) is 39.6 Å². The average molecular weight is 1080 g/mol. The molecule has 26 unspecified atom stereocenters. The fraction of sp³-hybridized carbons (Fsp3) is 0.923. The van der Waals surface area contributed by atoms with Gasteiger partial charge in [0.25, 0.3) is 0 Å². The SMILES string of the molecule is CCC(=O)C1(C)CC(C)C2(CC(=O)C3(C)C4=C(CCC32C)C2(C)CCC(OC3OC(COC5OCC(O)C(O)C5OC5OC(CO)C(O)C(O)C5OC5OCC(O)(CO)C5O)C(O)C(O)C3O)C(C)(CO)C2CC4)O1.